The fourth-order valence-corrected chi connectivity index (χ4v) is 4.31. The van der Waals surface area contributed by atoms with Crippen molar-refractivity contribution in [2.24, 2.45) is 0 Å². The molecule has 0 saturated heterocycles. The van der Waals surface area contributed by atoms with Gasteiger partial charge in [-0.15, -0.1) is 16.4 Å². The largest absolute Gasteiger partial charge is 0.505 e. The lowest BCUT2D eigenvalue weighted by Gasteiger charge is -2.21. The van der Waals surface area contributed by atoms with E-state index >= 15 is 0 Å². The summed E-state index contributed by atoms with van der Waals surface area (Å²) in [5.41, 5.74) is 1.74. The Morgan fingerprint density at radius 3 is 2.70 bits per heavy atom. The monoisotopic (exact) mass is 450 g/mol. The summed E-state index contributed by atoms with van der Waals surface area (Å²) in [7, 11) is 0. The van der Waals surface area contributed by atoms with E-state index < -0.39 is 5.60 Å². The second kappa shape index (κ2) is 8.96. The van der Waals surface area contributed by atoms with Crippen LogP contribution in [-0.2, 0) is 11.3 Å². The zero-order valence-corrected chi connectivity index (χ0v) is 18.8. The van der Waals surface area contributed by atoms with Crippen LogP contribution in [0.3, 0.4) is 0 Å². The molecule has 3 heterocycles. The molecule has 2 aromatic heterocycles. The summed E-state index contributed by atoms with van der Waals surface area (Å²) >= 11 is 1.56. The maximum absolute atomic E-state index is 9.20. The van der Waals surface area contributed by atoms with Crippen LogP contribution in [0.4, 0.5) is 0 Å². The molecule has 0 fully saturated rings. The predicted octanol–water partition coefficient (Wildman–Crippen LogP) is 5.70. The van der Waals surface area contributed by atoms with E-state index in [-0.39, 0.29) is 17.2 Å². The van der Waals surface area contributed by atoms with Crippen molar-refractivity contribution in [3.05, 3.63) is 111 Å². The highest BCUT2D eigenvalue weighted by Gasteiger charge is 2.38. The van der Waals surface area contributed by atoms with Gasteiger partial charge in [0, 0.05) is 10.5 Å². The summed E-state index contributed by atoms with van der Waals surface area (Å²) < 4.78 is 7.62. The van der Waals surface area contributed by atoms with Gasteiger partial charge in [0.15, 0.2) is 0 Å². The maximum Gasteiger partial charge on any atom is 0.292 e. The Morgan fingerprint density at radius 1 is 1.21 bits per heavy atom. The van der Waals surface area contributed by atoms with Crippen LogP contribution < -0.4 is 0 Å². The van der Waals surface area contributed by atoms with Crippen LogP contribution in [-0.4, -0.2) is 20.6 Å². The minimum absolute atomic E-state index is 0.0500. The average Bonchev–Trinajstić information content (AvgIpc) is 3.52. The van der Waals surface area contributed by atoms with Crippen molar-refractivity contribution in [2.45, 2.75) is 26.0 Å². The number of aromatic nitrogens is 3. The molecular formula is C25H18N6OS. The molecule has 0 amide bonds. The van der Waals surface area contributed by atoms with E-state index in [9.17, 15) is 5.26 Å². The Bertz CT molecular complexity index is 1400. The van der Waals surface area contributed by atoms with Crippen LogP contribution in [0.2, 0.25) is 0 Å². The van der Waals surface area contributed by atoms with Crippen molar-refractivity contribution < 1.29 is 4.74 Å². The number of thiophene rings is 1. The van der Waals surface area contributed by atoms with E-state index in [4.69, 9.17) is 17.9 Å². The van der Waals surface area contributed by atoms with Gasteiger partial charge in [-0.1, -0.05) is 41.6 Å². The minimum atomic E-state index is -0.821. The van der Waals surface area contributed by atoms with Crippen LogP contribution in [0.5, 0.6) is 0 Å². The van der Waals surface area contributed by atoms with E-state index in [2.05, 4.69) is 20.0 Å². The Labute approximate surface area is 195 Å². The molecule has 160 valence electrons. The van der Waals surface area contributed by atoms with Crippen molar-refractivity contribution >= 4 is 17.4 Å². The molecule has 4 rings (SSSR count). The Balaban J connectivity index is 1.58. The van der Waals surface area contributed by atoms with Gasteiger partial charge in [-0.3, -0.25) is 0 Å². The van der Waals surface area contributed by atoms with Gasteiger partial charge in [0.2, 0.25) is 5.70 Å². The molecular weight excluding hydrogens is 432 g/mol. The van der Waals surface area contributed by atoms with Crippen molar-refractivity contribution in [1.82, 2.24) is 15.0 Å². The first-order chi connectivity index (χ1) is 15.9. The third-order valence-corrected chi connectivity index (χ3v) is 6.11. The van der Waals surface area contributed by atoms with Gasteiger partial charge in [0.05, 0.1) is 36.8 Å². The van der Waals surface area contributed by atoms with E-state index in [1.54, 1.807) is 11.3 Å². The molecule has 0 spiro atoms. The SMILES string of the molecule is [C-]#[N+]C1=C(/C=C/c2ccc(-c3cn(Cc4ccccc4)nn3)s2)C(C)(C)O/C1=C(\C#N)[N+]#[C-]. The van der Waals surface area contributed by atoms with Crippen LogP contribution in [0, 0.1) is 24.5 Å². The number of benzene rings is 1. The Hall–Kier alpha value is -4.45. The number of nitriles is 1. The van der Waals surface area contributed by atoms with Gasteiger partial charge < -0.3 is 4.74 Å². The van der Waals surface area contributed by atoms with Gasteiger partial charge in [-0.25, -0.2) is 19.6 Å². The number of ether oxygens (including phenoxy) is 1. The summed E-state index contributed by atoms with van der Waals surface area (Å²) in [5, 5.41) is 17.7. The van der Waals surface area contributed by atoms with Crippen molar-refractivity contribution in [2.75, 3.05) is 0 Å². The van der Waals surface area contributed by atoms with Gasteiger partial charge >= 0.3 is 0 Å². The number of allylic oxidation sites excluding steroid dienone is 1. The molecule has 1 aromatic carbocycles. The van der Waals surface area contributed by atoms with E-state index in [1.165, 1.54) is 0 Å². The second-order valence-corrected chi connectivity index (χ2v) is 8.83. The molecule has 33 heavy (non-hydrogen) atoms. The standard InChI is InChI=1S/C25H18N6OS/c1-25(2)19(23(28-4)24(32-25)20(14-26)27-3)12-10-18-11-13-22(33-18)21-16-31(30-29-21)15-17-8-6-5-7-9-17/h5-13,16H,15H2,1-2H3/b12-10+,24-20+. The van der Waals surface area contributed by atoms with E-state index in [1.807, 2.05) is 85.4 Å². The Morgan fingerprint density at radius 2 is 2.00 bits per heavy atom. The second-order valence-electron chi connectivity index (χ2n) is 7.71. The molecule has 0 bridgehead atoms. The molecule has 7 nitrogen and oxygen atoms in total. The third-order valence-electron chi connectivity index (χ3n) is 5.04. The average molecular weight is 451 g/mol. The lowest BCUT2D eigenvalue weighted by Crippen LogP contribution is -2.20. The quantitative estimate of drug-likeness (QED) is 0.369. The molecule has 8 heteroatoms. The topological polar surface area (TPSA) is 72.5 Å². The van der Waals surface area contributed by atoms with Gasteiger partial charge in [0.25, 0.3) is 5.70 Å². The fourth-order valence-electron chi connectivity index (χ4n) is 3.45. The molecule has 1 aliphatic heterocycles. The number of nitrogens with zero attached hydrogens (tertiary/aromatic N) is 6. The van der Waals surface area contributed by atoms with Crippen molar-refractivity contribution in [3.63, 3.8) is 0 Å². The summed E-state index contributed by atoms with van der Waals surface area (Å²) in [5.74, 6) is 0.0500. The van der Waals surface area contributed by atoms with Crippen molar-refractivity contribution in [3.8, 4) is 16.6 Å². The summed E-state index contributed by atoms with van der Waals surface area (Å²) in [6.07, 6.45) is 5.65. The number of rotatable bonds is 5. The van der Waals surface area contributed by atoms with E-state index in [0.29, 0.717) is 12.1 Å². The highest BCUT2D eigenvalue weighted by molar-refractivity contribution is 7.16. The summed E-state index contributed by atoms with van der Waals surface area (Å²) in [6.45, 7) is 19.0. The fraction of sp³-hybridized carbons (Fsp3) is 0.160. The van der Waals surface area contributed by atoms with Crippen LogP contribution in [0.1, 0.15) is 24.3 Å². The highest BCUT2D eigenvalue weighted by atomic mass is 32.1. The molecule has 0 atom stereocenters. The smallest absolute Gasteiger partial charge is 0.292 e. The van der Waals surface area contributed by atoms with Gasteiger partial charge in [-0.05, 0) is 37.6 Å². The molecule has 0 saturated carbocycles. The van der Waals surface area contributed by atoms with Crippen molar-refractivity contribution in [1.29, 1.82) is 5.26 Å². The van der Waals surface area contributed by atoms with Crippen LogP contribution in [0.25, 0.3) is 26.3 Å². The van der Waals surface area contributed by atoms with Crippen LogP contribution in [0.15, 0.2) is 77.5 Å². The molecule has 0 aliphatic carbocycles. The highest BCUT2D eigenvalue weighted by Crippen LogP contribution is 2.42. The zero-order chi connectivity index (χ0) is 23.4. The lowest BCUT2D eigenvalue weighted by atomic mass is 9.97. The Kier molecular flexibility index (Phi) is 5.91. The summed E-state index contributed by atoms with van der Waals surface area (Å²) in [4.78, 5) is 8.70. The van der Waals surface area contributed by atoms with Gasteiger partial charge in [-0.2, -0.15) is 0 Å². The van der Waals surface area contributed by atoms with E-state index in [0.717, 1.165) is 21.0 Å². The number of hydrogen-bond acceptors (Lipinski definition) is 5. The normalized spacial score (nSPS) is 16.2. The molecule has 0 unspecified atom stereocenters. The summed E-state index contributed by atoms with van der Waals surface area (Å²) in [6, 6.07) is 15.9. The molecule has 0 radical (unpaired) electrons. The minimum Gasteiger partial charge on any atom is -0.505 e. The predicted molar refractivity (Wildman–Crippen MR) is 126 cm³/mol. The van der Waals surface area contributed by atoms with Gasteiger partial charge in [0.1, 0.15) is 17.1 Å². The molecule has 0 N–H and O–H groups in total. The first-order valence-corrected chi connectivity index (χ1v) is 10.8. The lowest BCUT2D eigenvalue weighted by molar-refractivity contribution is 0.0952. The third kappa shape index (κ3) is 4.45. The molecule has 1 aliphatic rings. The first kappa shape index (κ1) is 21.8. The maximum atomic E-state index is 9.20. The van der Waals surface area contributed by atoms with Crippen LogP contribution >= 0.6 is 11.3 Å². The molecule has 3 aromatic rings. The first-order valence-electron chi connectivity index (χ1n) is 10.0. The zero-order valence-electron chi connectivity index (χ0n) is 18.0. The number of hydrogen-bond donors (Lipinski definition) is 0.